The maximum Gasteiger partial charge on any atom is 0.229 e. The lowest BCUT2D eigenvalue weighted by Crippen LogP contribution is -2.22. The minimum atomic E-state index is -0.690. The van der Waals surface area contributed by atoms with Gasteiger partial charge in [-0.05, 0) is 31.2 Å². The predicted molar refractivity (Wildman–Crippen MR) is 102 cm³/mol. The highest BCUT2D eigenvalue weighted by Crippen LogP contribution is 2.45. The normalized spacial score (nSPS) is 15.9. The van der Waals surface area contributed by atoms with Crippen molar-refractivity contribution in [3.8, 4) is 17.6 Å². The number of hydrogen-bond donors (Lipinski definition) is 1. The first-order valence-corrected chi connectivity index (χ1v) is 8.98. The third-order valence-corrected chi connectivity index (χ3v) is 5.00. The Balaban J connectivity index is 1.98. The number of nitrogens with two attached hydrogens (primary N) is 1. The maximum atomic E-state index is 14.8. The molecule has 2 N–H and O–H groups in total. The molecular weight excluding hydrogens is 411 g/mol. The largest absolute Gasteiger partial charge is 0.422 e. The van der Waals surface area contributed by atoms with Crippen molar-refractivity contribution in [2.75, 3.05) is 0 Å². The van der Waals surface area contributed by atoms with E-state index in [1.807, 2.05) is 37.3 Å². The van der Waals surface area contributed by atoms with E-state index in [1.165, 1.54) is 6.07 Å². The SMILES string of the molecule is Cc1nn(-c2ccccc2)c2c1[C@@H](c1ccc(Br)cc1F)C(C#N)=C(N)O2. The van der Waals surface area contributed by atoms with Crippen molar-refractivity contribution in [3.05, 3.63) is 87.1 Å². The van der Waals surface area contributed by atoms with E-state index in [1.54, 1.807) is 16.8 Å². The molecule has 0 bridgehead atoms. The number of fused-ring (bicyclic) bond motifs is 1. The van der Waals surface area contributed by atoms with E-state index < -0.39 is 11.7 Å². The van der Waals surface area contributed by atoms with Gasteiger partial charge in [0.15, 0.2) is 0 Å². The predicted octanol–water partition coefficient (Wildman–Crippen LogP) is 4.30. The molecule has 1 atom stereocenters. The second kappa shape index (κ2) is 6.56. The Morgan fingerprint density at radius 3 is 2.67 bits per heavy atom. The number of benzene rings is 2. The number of allylic oxidation sites excluding steroid dienone is 1. The standard InChI is InChI=1S/C20H14BrFN4O/c1-11-17-18(14-8-7-12(21)9-16(14)22)15(10-23)19(24)27-20(17)26(25-11)13-5-3-2-4-6-13/h2-9,18H,24H2,1H3/t18-/m0/s1. The molecule has 134 valence electrons. The fourth-order valence-electron chi connectivity index (χ4n) is 3.30. The van der Waals surface area contributed by atoms with Crippen molar-refractivity contribution in [2.45, 2.75) is 12.8 Å². The highest BCUT2D eigenvalue weighted by molar-refractivity contribution is 9.10. The van der Waals surface area contributed by atoms with Gasteiger partial charge >= 0.3 is 0 Å². The topological polar surface area (TPSA) is 76.9 Å². The molecule has 27 heavy (non-hydrogen) atoms. The minimum Gasteiger partial charge on any atom is -0.422 e. The Hall–Kier alpha value is -3.11. The number of nitriles is 1. The average Bonchev–Trinajstić information content (AvgIpc) is 2.98. The van der Waals surface area contributed by atoms with Crippen molar-refractivity contribution >= 4 is 15.9 Å². The second-order valence-corrected chi connectivity index (χ2v) is 7.06. The third-order valence-electron chi connectivity index (χ3n) is 4.51. The number of rotatable bonds is 2. The number of aromatic nitrogens is 2. The Bertz CT molecular complexity index is 1120. The number of hydrogen-bond acceptors (Lipinski definition) is 4. The van der Waals surface area contributed by atoms with Crippen LogP contribution < -0.4 is 10.5 Å². The van der Waals surface area contributed by atoms with Crippen molar-refractivity contribution in [2.24, 2.45) is 5.73 Å². The Morgan fingerprint density at radius 1 is 1.26 bits per heavy atom. The molecule has 4 rings (SSSR count). The van der Waals surface area contributed by atoms with E-state index in [-0.39, 0.29) is 11.5 Å². The molecule has 2 aromatic carbocycles. The summed E-state index contributed by atoms with van der Waals surface area (Å²) in [5.41, 5.74) is 8.59. The molecule has 1 aliphatic heterocycles. The molecule has 1 aliphatic rings. The summed E-state index contributed by atoms with van der Waals surface area (Å²) in [6, 6.07) is 16.2. The number of nitrogens with zero attached hydrogens (tertiary/aromatic N) is 3. The first-order valence-electron chi connectivity index (χ1n) is 8.18. The lowest BCUT2D eigenvalue weighted by molar-refractivity contribution is 0.366. The van der Waals surface area contributed by atoms with Gasteiger partial charge in [0, 0.05) is 10.0 Å². The van der Waals surface area contributed by atoms with E-state index in [0.29, 0.717) is 27.2 Å². The van der Waals surface area contributed by atoms with Gasteiger partial charge in [-0.25, -0.2) is 9.07 Å². The fourth-order valence-corrected chi connectivity index (χ4v) is 3.64. The zero-order chi connectivity index (χ0) is 19.1. The molecule has 2 heterocycles. The summed E-state index contributed by atoms with van der Waals surface area (Å²) in [6.07, 6.45) is 0. The summed E-state index contributed by atoms with van der Waals surface area (Å²) in [6.45, 7) is 1.81. The van der Waals surface area contributed by atoms with Crippen LogP contribution in [0, 0.1) is 24.1 Å². The molecule has 7 heteroatoms. The van der Waals surface area contributed by atoms with Crippen molar-refractivity contribution in [3.63, 3.8) is 0 Å². The zero-order valence-electron chi connectivity index (χ0n) is 14.3. The van der Waals surface area contributed by atoms with Crippen molar-refractivity contribution in [1.29, 1.82) is 5.26 Å². The molecular formula is C20H14BrFN4O. The highest BCUT2D eigenvalue weighted by Gasteiger charge is 2.37. The first-order chi connectivity index (χ1) is 13.0. The van der Waals surface area contributed by atoms with Gasteiger partial charge in [-0.2, -0.15) is 10.4 Å². The average molecular weight is 425 g/mol. The van der Waals surface area contributed by atoms with Gasteiger partial charge in [0.2, 0.25) is 11.8 Å². The van der Waals surface area contributed by atoms with Gasteiger partial charge in [0.05, 0.1) is 22.9 Å². The van der Waals surface area contributed by atoms with Crippen LogP contribution >= 0.6 is 15.9 Å². The molecule has 0 radical (unpaired) electrons. The van der Waals surface area contributed by atoms with Gasteiger partial charge in [-0.3, -0.25) is 0 Å². The zero-order valence-corrected chi connectivity index (χ0v) is 15.9. The quantitative estimate of drug-likeness (QED) is 0.664. The lowest BCUT2D eigenvalue weighted by Gasteiger charge is -2.25. The third kappa shape index (κ3) is 2.78. The number of ether oxygens (including phenoxy) is 1. The van der Waals surface area contributed by atoms with Crippen LogP contribution in [0.25, 0.3) is 5.69 Å². The number of halogens is 2. The Kier molecular flexibility index (Phi) is 4.21. The van der Waals surface area contributed by atoms with E-state index in [9.17, 15) is 9.65 Å². The summed E-state index contributed by atoms with van der Waals surface area (Å²) in [5, 5.41) is 14.2. The van der Waals surface area contributed by atoms with Crippen LogP contribution in [0.15, 0.2) is 64.5 Å². The molecule has 0 unspecified atom stereocenters. The van der Waals surface area contributed by atoms with Gasteiger partial charge in [-0.15, -0.1) is 0 Å². The minimum absolute atomic E-state index is 0.0469. The van der Waals surface area contributed by atoms with E-state index in [0.717, 1.165) is 5.69 Å². The molecule has 0 spiro atoms. The second-order valence-electron chi connectivity index (χ2n) is 6.14. The first kappa shape index (κ1) is 17.3. The maximum absolute atomic E-state index is 14.8. The molecule has 0 fully saturated rings. The molecule has 0 saturated heterocycles. The number of aryl methyl sites for hydroxylation is 1. The smallest absolute Gasteiger partial charge is 0.229 e. The van der Waals surface area contributed by atoms with Crippen LogP contribution in [-0.2, 0) is 0 Å². The molecule has 0 saturated carbocycles. The lowest BCUT2D eigenvalue weighted by atomic mass is 9.84. The van der Waals surface area contributed by atoms with Crippen LogP contribution in [0.4, 0.5) is 4.39 Å². The summed E-state index contributed by atoms with van der Waals surface area (Å²) >= 11 is 3.26. The molecule has 3 aromatic rings. The van der Waals surface area contributed by atoms with E-state index in [4.69, 9.17) is 10.5 Å². The summed E-state index contributed by atoms with van der Waals surface area (Å²) in [5.74, 6) is -0.782. The van der Waals surface area contributed by atoms with E-state index >= 15 is 0 Å². The van der Waals surface area contributed by atoms with Gasteiger partial charge < -0.3 is 10.5 Å². The van der Waals surface area contributed by atoms with Crippen LogP contribution in [0.5, 0.6) is 5.88 Å². The van der Waals surface area contributed by atoms with Crippen LogP contribution in [-0.4, -0.2) is 9.78 Å². The summed E-state index contributed by atoms with van der Waals surface area (Å²) < 4.78 is 22.8. The highest BCUT2D eigenvalue weighted by atomic mass is 79.9. The molecule has 1 aromatic heterocycles. The molecule has 5 nitrogen and oxygen atoms in total. The molecule has 0 amide bonds. The number of para-hydroxylation sites is 1. The Labute approximate surface area is 163 Å². The summed E-state index contributed by atoms with van der Waals surface area (Å²) in [4.78, 5) is 0. The van der Waals surface area contributed by atoms with Gasteiger partial charge in [0.25, 0.3) is 0 Å². The monoisotopic (exact) mass is 424 g/mol. The van der Waals surface area contributed by atoms with Crippen LogP contribution in [0.3, 0.4) is 0 Å². The van der Waals surface area contributed by atoms with Crippen LogP contribution in [0.1, 0.15) is 22.7 Å². The van der Waals surface area contributed by atoms with Gasteiger partial charge in [-0.1, -0.05) is 40.2 Å². The summed E-state index contributed by atoms with van der Waals surface area (Å²) in [7, 11) is 0. The van der Waals surface area contributed by atoms with E-state index in [2.05, 4.69) is 27.1 Å². The fraction of sp³-hybridized carbons (Fsp3) is 0.100. The Morgan fingerprint density at radius 2 is 2.00 bits per heavy atom. The van der Waals surface area contributed by atoms with Crippen molar-refractivity contribution in [1.82, 2.24) is 9.78 Å². The van der Waals surface area contributed by atoms with Crippen molar-refractivity contribution < 1.29 is 9.13 Å². The van der Waals surface area contributed by atoms with Crippen LogP contribution in [0.2, 0.25) is 0 Å². The molecule has 0 aliphatic carbocycles. The van der Waals surface area contributed by atoms with Gasteiger partial charge in [0.1, 0.15) is 17.5 Å².